The van der Waals surface area contributed by atoms with Gasteiger partial charge in [-0.2, -0.15) is 0 Å². The van der Waals surface area contributed by atoms with E-state index in [1.807, 2.05) is 67.6 Å². The zero-order valence-corrected chi connectivity index (χ0v) is 23.6. The summed E-state index contributed by atoms with van der Waals surface area (Å²) < 4.78 is 31.7. The van der Waals surface area contributed by atoms with Crippen LogP contribution in [0.25, 0.3) is 0 Å². The summed E-state index contributed by atoms with van der Waals surface area (Å²) in [6, 6.07) is 25.2. The van der Waals surface area contributed by atoms with E-state index in [0.717, 1.165) is 17.4 Å². The van der Waals surface area contributed by atoms with Crippen LogP contribution in [0.5, 0.6) is 5.75 Å². The zero-order valence-electron chi connectivity index (χ0n) is 22.7. The van der Waals surface area contributed by atoms with Crippen LogP contribution in [0.1, 0.15) is 30.9 Å². The second-order valence-corrected chi connectivity index (χ2v) is 11.2. The highest BCUT2D eigenvalue weighted by Crippen LogP contribution is 2.24. The van der Waals surface area contributed by atoms with Crippen LogP contribution in [-0.2, 0) is 32.6 Å². The molecule has 0 bridgehead atoms. The summed E-state index contributed by atoms with van der Waals surface area (Å²) in [4.78, 5) is 28.6. The van der Waals surface area contributed by atoms with Gasteiger partial charge in [0.15, 0.2) is 0 Å². The minimum atomic E-state index is -3.60. The second kappa shape index (κ2) is 14.3. The minimum Gasteiger partial charge on any atom is -0.497 e. The average molecular weight is 552 g/mol. The molecule has 2 amide bonds. The Balaban J connectivity index is 1.84. The molecule has 0 aliphatic carbocycles. The van der Waals surface area contributed by atoms with Crippen LogP contribution in [-0.4, -0.2) is 57.6 Å². The highest BCUT2D eigenvalue weighted by molar-refractivity contribution is 7.92. The summed E-state index contributed by atoms with van der Waals surface area (Å²) in [6.07, 6.45) is 1.86. The smallest absolute Gasteiger partial charge is 0.243 e. The van der Waals surface area contributed by atoms with Gasteiger partial charge in [0, 0.05) is 38.5 Å². The fourth-order valence-corrected chi connectivity index (χ4v) is 5.35. The van der Waals surface area contributed by atoms with E-state index in [0.29, 0.717) is 24.4 Å². The van der Waals surface area contributed by atoms with Gasteiger partial charge in [-0.25, -0.2) is 8.42 Å². The van der Waals surface area contributed by atoms with Crippen LogP contribution in [0.15, 0.2) is 84.9 Å². The van der Waals surface area contributed by atoms with Gasteiger partial charge in [0.05, 0.1) is 19.1 Å². The predicted molar refractivity (Wildman–Crippen MR) is 154 cm³/mol. The monoisotopic (exact) mass is 551 g/mol. The van der Waals surface area contributed by atoms with E-state index >= 15 is 0 Å². The highest BCUT2D eigenvalue weighted by atomic mass is 32.2. The Kier molecular flexibility index (Phi) is 10.9. The third-order valence-corrected chi connectivity index (χ3v) is 7.51. The first-order valence-corrected chi connectivity index (χ1v) is 14.8. The summed E-state index contributed by atoms with van der Waals surface area (Å²) in [5, 5.41) is 2.88. The SMILES string of the molecule is CCNC(=O)[C@H](Cc1ccccc1)N(Cc1ccccc1)C(=O)CCCN(c1cccc(OC)c1)S(C)(=O)=O. The molecule has 3 aromatic rings. The number of anilines is 1. The van der Waals surface area contributed by atoms with E-state index < -0.39 is 16.1 Å². The van der Waals surface area contributed by atoms with Gasteiger partial charge in [0.25, 0.3) is 0 Å². The summed E-state index contributed by atoms with van der Waals surface area (Å²) >= 11 is 0. The lowest BCUT2D eigenvalue weighted by Gasteiger charge is -2.32. The summed E-state index contributed by atoms with van der Waals surface area (Å²) in [6.45, 7) is 2.67. The van der Waals surface area contributed by atoms with Gasteiger partial charge in [-0.1, -0.05) is 66.7 Å². The third kappa shape index (κ3) is 8.85. The number of benzene rings is 3. The Hall–Kier alpha value is -3.85. The number of carbonyl (C=O) groups excluding carboxylic acids is 2. The molecule has 0 saturated heterocycles. The molecule has 8 nitrogen and oxygen atoms in total. The molecule has 0 heterocycles. The Morgan fingerprint density at radius 1 is 0.923 bits per heavy atom. The normalized spacial score (nSPS) is 11.9. The van der Waals surface area contributed by atoms with Gasteiger partial charge >= 0.3 is 0 Å². The van der Waals surface area contributed by atoms with Crippen molar-refractivity contribution < 1.29 is 22.7 Å². The lowest BCUT2D eigenvalue weighted by Crippen LogP contribution is -2.50. The molecule has 39 heavy (non-hydrogen) atoms. The fourth-order valence-electron chi connectivity index (χ4n) is 4.40. The molecular formula is C30H37N3O5S. The summed E-state index contributed by atoms with van der Waals surface area (Å²) in [7, 11) is -2.08. The van der Waals surface area contributed by atoms with Crippen molar-refractivity contribution in [1.82, 2.24) is 10.2 Å². The first-order chi connectivity index (χ1) is 18.7. The molecule has 0 unspecified atom stereocenters. The van der Waals surface area contributed by atoms with Gasteiger partial charge in [0.2, 0.25) is 21.8 Å². The molecule has 1 atom stereocenters. The number of carbonyl (C=O) groups is 2. The van der Waals surface area contributed by atoms with E-state index in [4.69, 9.17) is 4.74 Å². The third-order valence-electron chi connectivity index (χ3n) is 6.31. The highest BCUT2D eigenvalue weighted by Gasteiger charge is 2.30. The number of nitrogens with one attached hydrogen (secondary N) is 1. The van der Waals surface area contributed by atoms with Gasteiger partial charge in [-0.05, 0) is 36.6 Å². The lowest BCUT2D eigenvalue weighted by molar-refractivity contribution is -0.141. The summed E-state index contributed by atoms with van der Waals surface area (Å²) in [5.74, 6) is 0.0989. The maximum Gasteiger partial charge on any atom is 0.243 e. The molecule has 0 spiro atoms. The maximum atomic E-state index is 13.7. The van der Waals surface area contributed by atoms with Crippen LogP contribution in [0, 0.1) is 0 Å². The fraction of sp³-hybridized carbons (Fsp3) is 0.333. The number of ether oxygens (including phenoxy) is 1. The first-order valence-electron chi connectivity index (χ1n) is 13.0. The van der Waals surface area contributed by atoms with Crippen LogP contribution in [0.4, 0.5) is 5.69 Å². The van der Waals surface area contributed by atoms with Crippen molar-refractivity contribution >= 4 is 27.5 Å². The molecule has 3 aromatic carbocycles. The van der Waals surface area contributed by atoms with Gasteiger partial charge in [0.1, 0.15) is 11.8 Å². The largest absolute Gasteiger partial charge is 0.497 e. The van der Waals surface area contributed by atoms with E-state index in [-0.39, 0.29) is 37.7 Å². The van der Waals surface area contributed by atoms with Crippen molar-refractivity contribution in [2.24, 2.45) is 0 Å². The van der Waals surface area contributed by atoms with Gasteiger partial charge in [-0.15, -0.1) is 0 Å². The molecule has 0 radical (unpaired) electrons. The molecule has 9 heteroatoms. The molecule has 0 fully saturated rings. The number of rotatable bonds is 14. The zero-order chi connectivity index (χ0) is 28.3. The first kappa shape index (κ1) is 29.7. The van der Waals surface area contributed by atoms with Crippen molar-refractivity contribution in [3.8, 4) is 5.75 Å². The quantitative estimate of drug-likeness (QED) is 0.327. The second-order valence-electron chi connectivity index (χ2n) is 9.25. The Labute approximate surface area is 231 Å². The van der Waals surface area contributed by atoms with E-state index in [9.17, 15) is 18.0 Å². The van der Waals surface area contributed by atoms with Crippen molar-refractivity contribution in [1.29, 1.82) is 0 Å². The number of methoxy groups -OCH3 is 1. The predicted octanol–water partition coefficient (Wildman–Crippen LogP) is 4.02. The number of hydrogen-bond donors (Lipinski definition) is 1. The van der Waals surface area contributed by atoms with Crippen LogP contribution >= 0.6 is 0 Å². The molecule has 1 N–H and O–H groups in total. The maximum absolute atomic E-state index is 13.7. The minimum absolute atomic E-state index is 0.0769. The van der Waals surface area contributed by atoms with E-state index in [2.05, 4.69) is 5.32 Å². The number of sulfonamides is 1. The van der Waals surface area contributed by atoms with Crippen LogP contribution in [0.2, 0.25) is 0 Å². The molecule has 0 aliphatic rings. The van der Waals surface area contributed by atoms with E-state index in [1.165, 1.54) is 11.4 Å². The molecule has 208 valence electrons. The van der Waals surface area contributed by atoms with Crippen molar-refractivity contribution in [3.05, 3.63) is 96.1 Å². The number of amides is 2. The lowest BCUT2D eigenvalue weighted by atomic mass is 10.0. The molecule has 0 saturated carbocycles. The average Bonchev–Trinajstić information content (AvgIpc) is 2.93. The summed E-state index contributed by atoms with van der Waals surface area (Å²) in [5.41, 5.74) is 2.32. The standard InChI is InChI=1S/C30H37N3O5S/c1-4-31-30(35)28(21-24-13-7-5-8-14-24)32(23-25-15-9-6-10-16-25)29(34)19-12-20-33(39(3,36)37)26-17-11-18-27(22-26)38-2/h5-11,13-18,22,28H,4,12,19-21,23H2,1-3H3,(H,31,35)/t28-/m0/s1. The molecule has 3 rings (SSSR count). The van der Waals surface area contributed by atoms with Crippen molar-refractivity contribution in [3.63, 3.8) is 0 Å². The van der Waals surface area contributed by atoms with Crippen LogP contribution in [0.3, 0.4) is 0 Å². The van der Waals surface area contributed by atoms with Crippen LogP contribution < -0.4 is 14.4 Å². The van der Waals surface area contributed by atoms with E-state index in [1.54, 1.807) is 29.2 Å². The topological polar surface area (TPSA) is 96.0 Å². The Morgan fingerprint density at radius 3 is 2.15 bits per heavy atom. The molecule has 0 aromatic heterocycles. The number of likely N-dealkylation sites (N-methyl/N-ethyl adjacent to an activating group) is 1. The van der Waals surface area contributed by atoms with Crippen molar-refractivity contribution in [2.45, 2.75) is 38.8 Å². The van der Waals surface area contributed by atoms with Crippen molar-refractivity contribution in [2.75, 3.05) is 30.8 Å². The Morgan fingerprint density at radius 2 is 1.56 bits per heavy atom. The number of nitrogens with zero attached hydrogens (tertiary/aromatic N) is 2. The molecule has 0 aliphatic heterocycles. The molecular weight excluding hydrogens is 514 g/mol. The number of hydrogen-bond acceptors (Lipinski definition) is 5. The van der Waals surface area contributed by atoms with Gasteiger partial charge in [-0.3, -0.25) is 13.9 Å². The Bertz CT molecular complexity index is 1320. The van der Waals surface area contributed by atoms with Gasteiger partial charge < -0.3 is 15.0 Å².